The summed E-state index contributed by atoms with van der Waals surface area (Å²) in [6.45, 7) is 6.37. The second-order valence-electron chi connectivity index (χ2n) is 8.47. The van der Waals surface area contributed by atoms with Gasteiger partial charge < -0.3 is 14.6 Å². The van der Waals surface area contributed by atoms with Gasteiger partial charge >= 0.3 is 5.97 Å². The van der Waals surface area contributed by atoms with Crippen LogP contribution in [0, 0.1) is 0 Å². The summed E-state index contributed by atoms with van der Waals surface area (Å²) < 4.78 is 11.7. The summed E-state index contributed by atoms with van der Waals surface area (Å²) in [5, 5.41) is 12.1. The van der Waals surface area contributed by atoms with Gasteiger partial charge in [0.05, 0.1) is 12.2 Å². The molecule has 3 aromatic carbocycles. The van der Waals surface area contributed by atoms with Gasteiger partial charge in [-0.3, -0.25) is 0 Å². The minimum absolute atomic E-state index is 0.588. The van der Waals surface area contributed by atoms with Crippen LogP contribution in [0.3, 0.4) is 0 Å². The fourth-order valence-electron chi connectivity index (χ4n) is 3.95. The summed E-state index contributed by atoms with van der Waals surface area (Å²) in [6.07, 6.45) is 0.898. The lowest BCUT2D eigenvalue weighted by Crippen LogP contribution is -2.27. The Labute approximate surface area is 171 Å². The quantitative estimate of drug-likeness (QED) is 0.614. The van der Waals surface area contributed by atoms with Gasteiger partial charge in [-0.05, 0) is 73.2 Å². The predicted molar refractivity (Wildman–Crippen MR) is 114 cm³/mol. The number of carboxylic acid groups (broad SMARTS) is 1. The molecule has 4 nitrogen and oxygen atoms in total. The van der Waals surface area contributed by atoms with E-state index in [1.54, 1.807) is 0 Å². The van der Waals surface area contributed by atoms with Gasteiger partial charge in [-0.1, -0.05) is 42.5 Å². The smallest absolute Gasteiger partial charge is 0.337 e. The highest BCUT2D eigenvalue weighted by Crippen LogP contribution is 2.40. The normalized spacial score (nSPS) is 14.9. The van der Waals surface area contributed by atoms with Crippen LogP contribution in [0.1, 0.15) is 44.4 Å². The summed E-state index contributed by atoms with van der Waals surface area (Å²) in [7, 11) is 0. The molecule has 1 atom stereocenters. The van der Waals surface area contributed by atoms with Crippen LogP contribution in [0.15, 0.2) is 54.6 Å². The van der Waals surface area contributed by atoms with Gasteiger partial charge in [0.2, 0.25) is 0 Å². The van der Waals surface area contributed by atoms with Crippen LogP contribution in [0.25, 0.3) is 21.9 Å². The average molecular weight is 390 g/mol. The Balaban J connectivity index is 1.95. The van der Waals surface area contributed by atoms with E-state index in [1.807, 2.05) is 69.3 Å². The van der Waals surface area contributed by atoms with Gasteiger partial charge in [-0.2, -0.15) is 0 Å². The number of aryl methyl sites for hydroxylation is 1. The van der Waals surface area contributed by atoms with E-state index in [1.165, 1.54) is 0 Å². The molecule has 1 aliphatic heterocycles. The number of aliphatic carboxylic acids is 1. The molecule has 0 saturated carbocycles. The van der Waals surface area contributed by atoms with Gasteiger partial charge in [0.25, 0.3) is 0 Å². The molecule has 29 heavy (non-hydrogen) atoms. The topological polar surface area (TPSA) is 55.8 Å². The maximum absolute atomic E-state index is 12.2. The van der Waals surface area contributed by atoms with E-state index in [0.29, 0.717) is 5.56 Å². The Morgan fingerprint density at radius 3 is 2.66 bits per heavy atom. The molecular weight excluding hydrogens is 364 g/mol. The number of fused-ring (bicyclic) bond motifs is 2. The number of rotatable bonds is 4. The molecule has 0 radical (unpaired) electrons. The maximum Gasteiger partial charge on any atom is 0.337 e. The first kappa shape index (κ1) is 19.5. The van der Waals surface area contributed by atoms with Crippen molar-refractivity contribution in [3.05, 3.63) is 65.7 Å². The second kappa shape index (κ2) is 7.53. The minimum atomic E-state index is -1.05. The first-order valence-corrected chi connectivity index (χ1v) is 10.0. The SMILES string of the molecule is CC(C)(C)OC(C(=O)O)c1ccc2ccccc2c1-c1ccc2c(c1)CCCO2. The largest absolute Gasteiger partial charge is 0.493 e. The van der Waals surface area contributed by atoms with E-state index in [-0.39, 0.29) is 0 Å². The molecule has 4 rings (SSSR count). The lowest BCUT2D eigenvalue weighted by atomic mass is 9.89. The molecule has 0 bridgehead atoms. The van der Waals surface area contributed by atoms with Crippen LogP contribution in [-0.4, -0.2) is 23.3 Å². The van der Waals surface area contributed by atoms with Crippen LogP contribution in [0.4, 0.5) is 0 Å². The number of carbonyl (C=O) groups is 1. The van der Waals surface area contributed by atoms with Gasteiger partial charge in [0, 0.05) is 5.56 Å². The third-order valence-corrected chi connectivity index (χ3v) is 5.14. The van der Waals surface area contributed by atoms with Gasteiger partial charge in [0.1, 0.15) is 5.75 Å². The summed E-state index contributed by atoms with van der Waals surface area (Å²) in [6, 6.07) is 18.1. The minimum Gasteiger partial charge on any atom is -0.493 e. The van der Waals surface area contributed by atoms with Crippen molar-refractivity contribution in [2.24, 2.45) is 0 Å². The lowest BCUT2D eigenvalue weighted by Gasteiger charge is -2.27. The van der Waals surface area contributed by atoms with E-state index < -0.39 is 17.7 Å². The molecule has 0 fully saturated rings. The first-order valence-electron chi connectivity index (χ1n) is 10.0. The molecule has 3 aromatic rings. The molecule has 1 unspecified atom stereocenters. The van der Waals surface area contributed by atoms with E-state index in [9.17, 15) is 9.90 Å². The van der Waals surface area contributed by atoms with Crippen molar-refractivity contribution in [1.82, 2.24) is 0 Å². The van der Waals surface area contributed by atoms with E-state index in [0.717, 1.165) is 52.7 Å². The summed E-state index contributed by atoms with van der Waals surface area (Å²) >= 11 is 0. The van der Waals surface area contributed by atoms with Gasteiger partial charge in [-0.25, -0.2) is 4.79 Å². The Morgan fingerprint density at radius 2 is 1.90 bits per heavy atom. The summed E-state index contributed by atoms with van der Waals surface area (Å²) in [5.74, 6) is -0.0692. The van der Waals surface area contributed by atoms with Crippen LogP contribution in [-0.2, 0) is 16.0 Å². The van der Waals surface area contributed by atoms with Crippen molar-refractivity contribution < 1.29 is 19.4 Å². The Bertz CT molecular complexity index is 1060. The van der Waals surface area contributed by atoms with Crippen LogP contribution >= 0.6 is 0 Å². The molecule has 0 amide bonds. The number of carboxylic acids is 1. The first-order chi connectivity index (χ1) is 13.8. The molecule has 0 saturated heterocycles. The van der Waals surface area contributed by atoms with Crippen molar-refractivity contribution in [2.45, 2.75) is 45.3 Å². The highest BCUT2D eigenvalue weighted by Gasteiger charge is 2.30. The van der Waals surface area contributed by atoms with Crippen molar-refractivity contribution in [1.29, 1.82) is 0 Å². The standard InChI is InChI=1S/C25H26O4/c1-25(2,3)29-23(24(26)27)20-12-10-16-7-4-5-9-19(16)22(20)18-11-13-21-17(15-18)8-6-14-28-21/h4-5,7,9-13,15,23H,6,8,14H2,1-3H3,(H,26,27). The molecule has 4 heteroatoms. The predicted octanol–water partition coefficient (Wildman–Crippen LogP) is 5.77. The van der Waals surface area contributed by atoms with Crippen molar-refractivity contribution in [2.75, 3.05) is 6.61 Å². The zero-order chi connectivity index (χ0) is 20.6. The molecule has 150 valence electrons. The average Bonchev–Trinajstić information content (AvgIpc) is 2.70. The van der Waals surface area contributed by atoms with Crippen LogP contribution in [0.2, 0.25) is 0 Å². The number of benzene rings is 3. The van der Waals surface area contributed by atoms with E-state index >= 15 is 0 Å². The summed E-state index contributed by atoms with van der Waals surface area (Å²) in [4.78, 5) is 12.2. The molecule has 0 aliphatic carbocycles. The van der Waals surface area contributed by atoms with Gasteiger partial charge in [0.15, 0.2) is 6.10 Å². The van der Waals surface area contributed by atoms with Crippen molar-refractivity contribution >= 4 is 16.7 Å². The molecule has 0 aromatic heterocycles. The van der Waals surface area contributed by atoms with Crippen LogP contribution in [0.5, 0.6) is 5.75 Å². The Kier molecular flexibility index (Phi) is 5.05. The van der Waals surface area contributed by atoms with E-state index in [4.69, 9.17) is 9.47 Å². The molecular formula is C25H26O4. The molecule has 1 N–H and O–H groups in total. The summed E-state index contributed by atoms with van der Waals surface area (Å²) in [5.41, 5.74) is 3.15. The van der Waals surface area contributed by atoms with Crippen molar-refractivity contribution in [3.63, 3.8) is 0 Å². The lowest BCUT2D eigenvalue weighted by molar-refractivity contribution is -0.160. The Hall–Kier alpha value is -2.85. The second-order valence-corrected chi connectivity index (χ2v) is 8.47. The van der Waals surface area contributed by atoms with Crippen molar-refractivity contribution in [3.8, 4) is 16.9 Å². The van der Waals surface area contributed by atoms with E-state index in [2.05, 4.69) is 6.07 Å². The number of ether oxygens (including phenoxy) is 2. The fraction of sp³-hybridized carbons (Fsp3) is 0.320. The third-order valence-electron chi connectivity index (χ3n) is 5.14. The highest BCUT2D eigenvalue weighted by atomic mass is 16.5. The molecule has 0 spiro atoms. The number of hydrogen-bond acceptors (Lipinski definition) is 3. The molecule has 1 aliphatic rings. The van der Waals surface area contributed by atoms with Crippen LogP contribution < -0.4 is 4.74 Å². The Morgan fingerprint density at radius 1 is 1.10 bits per heavy atom. The third kappa shape index (κ3) is 3.99. The maximum atomic E-state index is 12.2. The monoisotopic (exact) mass is 390 g/mol. The molecule has 1 heterocycles. The fourth-order valence-corrected chi connectivity index (χ4v) is 3.95. The number of hydrogen-bond donors (Lipinski definition) is 1. The zero-order valence-corrected chi connectivity index (χ0v) is 17.1. The highest BCUT2D eigenvalue weighted by molar-refractivity contribution is 6.00. The van der Waals surface area contributed by atoms with Gasteiger partial charge in [-0.15, -0.1) is 0 Å². The zero-order valence-electron chi connectivity index (χ0n) is 17.1.